The molecule has 3 N–H and O–H groups in total. The Bertz CT molecular complexity index is 1640. The van der Waals surface area contributed by atoms with Crippen molar-refractivity contribution in [3.8, 4) is 5.75 Å². The van der Waals surface area contributed by atoms with Crippen LogP contribution in [0.5, 0.6) is 5.75 Å². The Hall–Kier alpha value is -4.25. The molecule has 3 amide bonds. The molecule has 2 fully saturated rings. The number of rotatable bonds is 9. The molecule has 47 heavy (non-hydrogen) atoms. The van der Waals surface area contributed by atoms with Crippen LogP contribution in [0.25, 0.3) is 0 Å². The monoisotopic (exact) mass is 641 g/mol. The lowest BCUT2D eigenvalue weighted by Crippen LogP contribution is -2.46. The number of carbonyl (C=O) groups is 3. The van der Waals surface area contributed by atoms with Gasteiger partial charge in [-0.05, 0) is 74.7 Å². The first-order valence-electron chi connectivity index (χ1n) is 16.2. The van der Waals surface area contributed by atoms with Gasteiger partial charge in [0.15, 0.2) is 5.60 Å². The average molecular weight is 642 g/mol. The number of ether oxygens (including phenoxy) is 2. The summed E-state index contributed by atoms with van der Waals surface area (Å²) in [5.74, 6) is -1.25. The van der Waals surface area contributed by atoms with Crippen LogP contribution in [0.4, 0.5) is 11.4 Å². The van der Waals surface area contributed by atoms with Crippen LogP contribution in [0.1, 0.15) is 61.5 Å². The second-order valence-electron chi connectivity index (χ2n) is 13.4. The molecule has 0 aliphatic carbocycles. The van der Waals surface area contributed by atoms with Crippen LogP contribution in [0.3, 0.4) is 0 Å². The fourth-order valence-corrected chi connectivity index (χ4v) is 7.87. The zero-order valence-electron chi connectivity index (χ0n) is 27.3. The zero-order chi connectivity index (χ0) is 33.5. The first-order chi connectivity index (χ1) is 22.5. The molecule has 10 heteroatoms. The van der Waals surface area contributed by atoms with E-state index in [1.807, 2.05) is 43.3 Å². The molecule has 0 saturated carbocycles. The Morgan fingerprint density at radius 1 is 1.09 bits per heavy atom. The fraction of sp³-hybridized carbons (Fsp3) is 0.432. The van der Waals surface area contributed by atoms with Gasteiger partial charge in [-0.3, -0.25) is 14.4 Å². The number of aliphatic hydroxyl groups is 2. The number of likely N-dealkylation sites (tertiary alicyclic amines) is 1. The molecule has 0 aromatic heterocycles. The molecule has 3 aliphatic heterocycles. The standard InChI is InChI=1S/C37H43N3O7/c1-23-33(36(2,3)45)31(20-32(42)39-18-8-11-27(39)22-41)47-37(23)29-19-26(38-34(43)25-12-15-28(46-4)16-13-25)14-17-30(29)40(35(37)44)21-24-9-6-5-7-10-24/h5-7,9-10,12-17,19,23,27,31,33,41,45H,8,11,18,20-22H2,1-4H3,(H,38,43)/t23-,27-,31+,33-,37+/m0/s1. The molecule has 0 bridgehead atoms. The molecule has 248 valence electrons. The first kappa shape index (κ1) is 32.7. The van der Waals surface area contributed by atoms with Crippen LogP contribution >= 0.6 is 0 Å². The minimum absolute atomic E-state index is 0.0353. The van der Waals surface area contributed by atoms with E-state index in [0.29, 0.717) is 41.3 Å². The summed E-state index contributed by atoms with van der Waals surface area (Å²) in [6, 6.07) is 21.6. The van der Waals surface area contributed by atoms with Crippen molar-refractivity contribution in [1.29, 1.82) is 0 Å². The van der Waals surface area contributed by atoms with Crippen molar-refractivity contribution in [3.63, 3.8) is 0 Å². The number of carbonyl (C=O) groups excluding carboxylic acids is 3. The molecule has 6 rings (SSSR count). The van der Waals surface area contributed by atoms with Gasteiger partial charge < -0.3 is 34.8 Å². The maximum atomic E-state index is 14.8. The van der Waals surface area contributed by atoms with Gasteiger partial charge in [0, 0.05) is 35.2 Å². The third-order valence-corrected chi connectivity index (χ3v) is 10.1. The largest absolute Gasteiger partial charge is 0.497 e. The third kappa shape index (κ3) is 5.90. The maximum Gasteiger partial charge on any atom is 0.264 e. The van der Waals surface area contributed by atoms with Crippen molar-refractivity contribution < 1.29 is 34.1 Å². The van der Waals surface area contributed by atoms with Crippen LogP contribution in [0, 0.1) is 11.8 Å². The molecule has 1 spiro atoms. The van der Waals surface area contributed by atoms with Gasteiger partial charge in [0.1, 0.15) is 5.75 Å². The van der Waals surface area contributed by atoms with Crippen LogP contribution in [0.2, 0.25) is 0 Å². The molecule has 3 aromatic rings. The quantitative estimate of drug-likeness (QED) is 0.314. The van der Waals surface area contributed by atoms with Crippen molar-refractivity contribution in [3.05, 3.63) is 89.5 Å². The van der Waals surface area contributed by atoms with Crippen LogP contribution < -0.4 is 15.0 Å². The number of hydrogen-bond donors (Lipinski definition) is 3. The predicted octanol–water partition coefficient (Wildman–Crippen LogP) is 4.49. The van der Waals surface area contributed by atoms with E-state index < -0.39 is 29.1 Å². The van der Waals surface area contributed by atoms with E-state index in [9.17, 15) is 24.6 Å². The summed E-state index contributed by atoms with van der Waals surface area (Å²) in [7, 11) is 1.56. The highest BCUT2D eigenvalue weighted by atomic mass is 16.5. The van der Waals surface area contributed by atoms with E-state index in [0.717, 1.165) is 18.4 Å². The highest BCUT2D eigenvalue weighted by molar-refractivity contribution is 6.09. The van der Waals surface area contributed by atoms with Crippen molar-refractivity contribution in [1.82, 2.24) is 4.90 Å². The Labute approximate surface area is 275 Å². The molecule has 10 nitrogen and oxygen atoms in total. The molecule has 3 heterocycles. The number of methoxy groups -OCH3 is 1. The molecule has 3 aliphatic rings. The predicted molar refractivity (Wildman–Crippen MR) is 177 cm³/mol. The maximum absolute atomic E-state index is 14.8. The van der Waals surface area contributed by atoms with E-state index in [4.69, 9.17) is 9.47 Å². The van der Waals surface area contributed by atoms with Gasteiger partial charge in [-0.2, -0.15) is 0 Å². The number of aliphatic hydroxyl groups excluding tert-OH is 1. The molecule has 2 saturated heterocycles. The van der Waals surface area contributed by atoms with Gasteiger partial charge in [0.2, 0.25) is 5.91 Å². The summed E-state index contributed by atoms with van der Waals surface area (Å²) in [6.07, 6.45) is 0.729. The molecular formula is C37H43N3O7. The summed E-state index contributed by atoms with van der Waals surface area (Å²) < 4.78 is 12.1. The summed E-state index contributed by atoms with van der Waals surface area (Å²) in [5, 5.41) is 24.3. The van der Waals surface area contributed by atoms with Crippen molar-refractivity contribution in [2.24, 2.45) is 11.8 Å². The Morgan fingerprint density at radius 3 is 2.47 bits per heavy atom. The van der Waals surface area contributed by atoms with Gasteiger partial charge in [0.25, 0.3) is 11.8 Å². The SMILES string of the molecule is COc1ccc(C(=O)Nc2ccc3c(c2)[C@@]2(O[C@H](CC(=O)N4CCC[C@H]4CO)[C@@H](C(C)(C)O)[C@@H]2C)C(=O)N3Cc2ccccc2)cc1. The van der Waals surface area contributed by atoms with E-state index in [-0.39, 0.29) is 36.8 Å². The lowest BCUT2D eigenvalue weighted by Gasteiger charge is -2.34. The van der Waals surface area contributed by atoms with E-state index in [1.54, 1.807) is 67.2 Å². The number of fused-ring (bicyclic) bond motifs is 2. The van der Waals surface area contributed by atoms with Crippen LogP contribution in [-0.4, -0.2) is 70.8 Å². The van der Waals surface area contributed by atoms with Gasteiger partial charge >= 0.3 is 0 Å². The Morgan fingerprint density at radius 2 is 1.81 bits per heavy atom. The average Bonchev–Trinajstić information content (AvgIpc) is 3.72. The summed E-state index contributed by atoms with van der Waals surface area (Å²) in [5.41, 5.74) is 0.284. The molecule has 0 unspecified atom stereocenters. The Balaban J connectivity index is 1.39. The number of nitrogens with one attached hydrogen (secondary N) is 1. The van der Waals surface area contributed by atoms with Gasteiger partial charge in [-0.15, -0.1) is 0 Å². The number of benzene rings is 3. The second kappa shape index (κ2) is 12.7. The van der Waals surface area contributed by atoms with E-state index in [1.165, 1.54) is 0 Å². The molecule has 0 radical (unpaired) electrons. The lowest BCUT2D eigenvalue weighted by atomic mass is 9.70. The van der Waals surface area contributed by atoms with Crippen LogP contribution in [-0.2, 0) is 26.5 Å². The van der Waals surface area contributed by atoms with Crippen molar-refractivity contribution in [2.75, 3.05) is 30.5 Å². The lowest BCUT2D eigenvalue weighted by molar-refractivity contribution is -0.150. The minimum atomic E-state index is -1.51. The van der Waals surface area contributed by atoms with Gasteiger partial charge in [0.05, 0.1) is 50.1 Å². The summed E-state index contributed by atoms with van der Waals surface area (Å²) >= 11 is 0. The third-order valence-electron chi connectivity index (χ3n) is 10.1. The fourth-order valence-electron chi connectivity index (χ4n) is 7.87. The number of hydrogen-bond acceptors (Lipinski definition) is 7. The van der Waals surface area contributed by atoms with Crippen LogP contribution in [0.15, 0.2) is 72.8 Å². The minimum Gasteiger partial charge on any atom is -0.497 e. The Kier molecular flexibility index (Phi) is 8.86. The first-order valence-corrected chi connectivity index (χ1v) is 16.2. The van der Waals surface area contributed by atoms with E-state index in [2.05, 4.69) is 5.32 Å². The highest BCUT2D eigenvalue weighted by Crippen LogP contribution is 2.58. The number of nitrogens with zero attached hydrogens (tertiary/aromatic N) is 2. The molecular weight excluding hydrogens is 598 g/mol. The van der Waals surface area contributed by atoms with E-state index >= 15 is 0 Å². The normalized spacial score (nSPS) is 25.4. The van der Waals surface area contributed by atoms with Gasteiger partial charge in [-0.1, -0.05) is 37.3 Å². The van der Waals surface area contributed by atoms with Gasteiger partial charge in [-0.25, -0.2) is 0 Å². The highest BCUT2D eigenvalue weighted by Gasteiger charge is 2.66. The zero-order valence-corrected chi connectivity index (χ0v) is 27.3. The summed E-state index contributed by atoms with van der Waals surface area (Å²) in [6.45, 7) is 6.01. The second-order valence-corrected chi connectivity index (χ2v) is 13.4. The number of anilines is 2. The van der Waals surface area contributed by atoms with Crippen molar-refractivity contribution >= 4 is 29.1 Å². The molecule has 3 aromatic carbocycles. The van der Waals surface area contributed by atoms with Crippen molar-refractivity contribution in [2.45, 2.75) is 69.9 Å². The molecule has 5 atom stereocenters. The summed E-state index contributed by atoms with van der Waals surface area (Å²) in [4.78, 5) is 45.0. The smallest absolute Gasteiger partial charge is 0.264 e. The topological polar surface area (TPSA) is 129 Å². The number of amides is 3.